The molecule has 20 heavy (non-hydrogen) atoms. The first-order valence-electron chi connectivity index (χ1n) is 6.03. The second kappa shape index (κ2) is 7.81. The standard InChI is InChI=1S/C14H16BrNO4/c1-9-2-3-10(11(15)8-9)4-5-13(18)16-7-6-12(17)14(19)20/h2-5,8,12,17H,6-7H2,1H3,(H,16,18)(H,19,20)/b5-4+. The first kappa shape index (κ1) is 16.4. The van der Waals surface area contributed by atoms with Crippen LogP contribution in [0.1, 0.15) is 17.5 Å². The summed E-state index contributed by atoms with van der Waals surface area (Å²) in [4.78, 5) is 21.9. The van der Waals surface area contributed by atoms with E-state index in [4.69, 9.17) is 10.2 Å². The number of aliphatic carboxylic acids is 1. The highest BCUT2D eigenvalue weighted by atomic mass is 79.9. The number of hydrogen-bond acceptors (Lipinski definition) is 3. The molecule has 0 radical (unpaired) electrons. The summed E-state index contributed by atoms with van der Waals surface area (Å²) in [5, 5.41) is 20.0. The van der Waals surface area contributed by atoms with Gasteiger partial charge in [-0.25, -0.2) is 4.79 Å². The largest absolute Gasteiger partial charge is 0.479 e. The minimum Gasteiger partial charge on any atom is -0.479 e. The number of carbonyl (C=O) groups is 2. The predicted octanol–water partition coefficient (Wildman–Crippen LogP) is 1.72. The lowest BCUT2D eigenvalue weighted by molar-refractivity contribution is -0.147. The molecule has 1 rings (SSSR count). The highest BCUT2D eigenvalue weighted by Crippen LogP contribution is 2.19. The smallest absolute Gasteiger partial charge is 0.332 e. The van der Waals surface area contributed by atoms with Crippen LogP contribution in [0.25, 0.3) is 6.08 Å². The molecule has 0 saturated carbocycles. The van der Waals surface area contributed by atoms with E-state index in [2.05, 4.69) is 21.2 Å². The van der Waals surface area contributed by atoms with E-state index in [1.807, 2.05) is 25.1 Å². The zero-order chi connectivity index (χ0) is 15.1. The molecule has 6 heteroatoms. The number of carbonyl (C=O) groups excluding carboxylic acids is 1. The summed E-state index contributed by atoms with van der Waals surface area (Å²) in [5.74, 6) is -1.63. The van der Waals surface area contributed by atoms with E-state index in [9.17, 15) is 9.59 Å². The molecule has 0 aliphatic rings. The Morgan fingerprint density at radius 2 is 2.15 bits per heavy atom. The fourth-order valence-electron chi connectivity index (χ4n) is 1.45. The van der Waals surface area contributed by atoms with Crippen molar-refractivity contribution in [3.63, 3.8) is 0 Å². The third-order valence-corrected chi connectivity index (χ3v) is 3.26. The third kappa shape index (κ3) is 5.54. The van der Waals surface area contributed by atoms with Crippen molar-refractivity contribution in [1.82, 2.24) is 5.32 Å². The highest BCUT2D eigenvalue weighted by Gasteiger charge is 2.12. The van der Waals surface area contributed by atoms with Crippen molar-refractivity contribution in [2.75, 3.05) is 6.54 Å². The Morgan fingerprint density at radius 1 is 1.45 bits per heavy atom. The quantitative estimate of drug-likeness (QED) is 0.687. The molecule has 0 aromatic heterocycles. The summed E-state index contributed by atoms with van der Waals surface area (Å²) in [6.45, 7) is 2.07. The summed E-state index contributed by atoms with van der Waals surface area (Å²) >= 11 is 3.40. The number of nitrogens with one attached hydrogen (secondary N) is 1. The lowest BCUT2D eigenvalue weighted by Gasteiger charge is -2.05. The summed E-state index contributed by atoms with van der Waals surface area (Å²) in [6, 6.07) is 5.77. The van der Waals surface area contributed by atoms with E-state index in [1.54, 1.807) is 6.08 Å². The fraction of sp³-hybridized carbons (Fsp3) is 0.286. The number of amides is 1. The minimum atomic E-state index is -1.45. The van der Waals surface area contributed by atoms with Gasteiger partial charge in [0.2, 0.25) is 5.91 Å². The van der Waals surface area contributed by atoms with Crippen LogP contribution in [0.4, 0.5) is 0 Å². The van der Waals surface area contributed by atoms with Crippen molar-refractivity contribution >= 4 is 33.9 Å². The van der Waals surface area contributed by atoms with Crippen LogP contribution in [0.3, 0.4) is 0 Å². The van der Waals surface area contributed by atoms with Gasteiger partial charge in [0.25, 0.3) is 0 Å². The van der Waals surface area contributed by atoms with Crippen molar-refractivity contribution in [3.8, 4) is 0 Å². The Balaban J connectivity index is 2.46. The molecule has 5 nitrogen and oxygen atoms in total. The zero-order valence-corrected chi connectivity index (χ0v) is 12.6. The number of aliphatic hydroxyl groups is 1. The third-order valence-electron chi connectivity index (χ3n) is 2.57. The zero-order valence-electron chi connectivity index (χ0n) is 11.0. The van der Waals surface area contributed by atoms with E-state index in [1.165, 1.54) is 6.08 Å². The average Bonchev–Trinajstić information content (AvgIpc) is 2.37. The van der Waals surface area contributed by atoms with Gasteiger partial charge in [-0.3, -0.25) is 4.79 Å². The van der Waals surface area contributed by atoms with Crippen LogP contribution < -0.4 is 5.32 Å². The van der Waals surface area contributed by atoms with Crippen LogP contribution in [-0.2, 0) is 9.59 Å². The van der Waals surface area contributed by atoms with Gasteiger partial charge < -0.3 is 15.5 Å². The fourth-order valence-corrected chi connectivity index (χ4v) is 2.07. The maximum absolute atomic E-state index is 11.5. The molecule has 0 fully saturated rings. The highest BCUT2D eigenvalue weighted by molar-refractivity contribution is 9.10. The van der Waals surface area contributed by atoms with E-state index in [0.717, 1.165) is 15.6 Å². The van der Waals surface area contributed by atoms with E-state index in [0.29, 0.717) is 0 Å². The molecular formula is C14H16BrNO4. The molecule has 1 unspecified atom stereocenters. The lowest BCUT2D eigenvalue weighted by atomic mass is 10.1. The number of halogens is 1. The van der Waals surface area contributed by atoms with Gasteiger partial charge in [0.15, 0.2) is 6.10 Å². The molecule has 0 heterocycles. The van der Waals surface area contributed by atoms with Crippen molar-refractivity contribution < 1.29 is 19.8 Å². The van der Waals surface area contributed by atoms with Gasteiger partial charge in [-0.05, 0) is 30.2 Å². The molecular weight excluding hydrogens is 326 g/mol. The van der Waals surface area contributed by atoms with Crippen LogP contribution in [-0.4, -0.2) is 34.7 Å². The molecule has 0 aliphatic carbocycles. The second-order valence-corrected chi connectivity index (χ2v) is 5.15. The van der Waals surface area contributed by atoms with E-state index in [-0.39, 0.29) is 18.9 Å². The molecule has 0 spiro atoms. The number of rotatable bonds is 6. The molecule has 1 aromatic rings. The van der Waals surface area contributed by atoms with Crippen molar-refractivity contribution in [3.05, 3.63) is 39.9 Å². The number of aliphatic hydroxyl groups excluding tert-OH is 1. The molecule has 1 atom stereocenters. The number of hydrogen-bond donors (Lipinski definition) is 3. The molecule has 1 amide bonds. The van der Waals surface area contributed by atoms with Gasteiger partial charge in [0.05, 0.1) is 0 Å². The van der Waals surface area contributed by atoms with Crippen LogP contribution in [0.15, 0.2) is 28.7 Å². The topological polar surface area (TPSA) is 86.6 Å². The van der Waals surface area contributed by atoms with Gasteiger partial charge >= 0.3 is 5.97 Å². The minimum absolute atomic E-state index is 0.0247. The van der Waals surface area contributed by atoms with Crippen molar-refractivity contribution in [2.45, 2.75) is 19.4 Å². The molecule has 0 saturated heterocycles. The van der Waals surface area contributed by atoms with Crippen molar-refractivity contribution in [2.24, 2.45) is 0 Å². The van der Waals surface area contributed by atoms with Gasteiger partial charge in [0.1, 0.15) is 0 Å². The molecule has 108 valence electrons. The SMILES string of the molecule is Cc1ccc(/C=C/C(=O)NCCC(O)C(=O)O)c(Br)c1. The van der Waals surface area contributed by atoms with Crippen molar-refractivity contribution in [1.29, 1.82) is 0 Å². The van der Waals surface area contributed by atoms with E-state index >= 15 is 0 Å². The van der Waals surface area contributed by atoms with Gasteiger partial charge in [-0.15, -0.1) is 0 Å². The normalized spacial score (nSPS) is 12.3. The number of benzene rings is 1. The number of carboxylic acid groups (broad SMARTS) is 1. The maximum atomic E-state index is 11.5. The first-order chi connectivity index (χ1) is 9.40. The predicted molar refractivity (Wildman–Crippen MR) is 79.2 cm³/mol. The summed E-state index contributed by atoms with van der Waals surface area (Å²) in [6.07, 6.45) is 1.54. The Kier molecular flexibility index (Phi) is 6.41. The molecule has 0 bridgehead atoms. The number of carboxylic acids is 1. The van der Waals surface area contributed by atoms with Crippen LogP contribution in [0, 0.1) is 6.92 Å². The lowest BCUT2D eigenvalue weighted by Crippen LogP contribution is -2.28. The van der Waals surface area contributed by atoms with E-state index < -0.39 is 12.1 Å². The molecule has 0 aliphatic heterocycles. The summed E-state index contributed by atoms with van der Waals surface area (Å²) < 4.78 is 0.892. The maximum Gasteiger partial charge on any atom is 0.332 e. The Hall–Kier alpha value is -1.66. The molecule has 3 N–H and O–H groups in total. The van der Waals surface area contributed by atoms with Gasteiger partial charge in [-0.1, -0.05) is 28.1 Å². The Labute approximate surface area is 125 Å². The Morgan fingerprint density at radius 3 is 2.75 bits per heavy atom. The van der Waals surface area contributed by atoms with Crippen LogP contribution >= 0.6 is 15.9 Å². The molecule has 1 aromatic carbocycles. The number of aryl methyl sites for hydroxylation is 1. The average molecular weight is 342 g/mol. The second-order valence-electron chi connectivity index (χ2n) is 4.29. The summed E-state index contributed by atoms with van der Waals surface area (Å²) in [5.41, 5.74) is 1.98. The Bertz CT molecular complexity index is 528. The van der Waals surface area contributed by atoms with Crippen LogP contribution in [0.5, 0.6) is 0 Å². The van der Waals surface area contributed by atoms with Gasteiger partial charge in [-0.2, -0.15) is 0 Å². The van der Waals surface area contributed by atoms with Gasteiger partial charge in [0, 0.05) is 23.5 Å². The summed E-state index contributed by atoms with van der Waals surface area (Å²) in [7, 11) is 0. The first-order valence-corrected chi connectivity index (χ1v) is 6.82. The monoisotopic (exact) mass is 341 g/mol. The van der Waals surface area contributed by atoms with Crippen LogP contribution in [0.2, 0.25) is 0 Å².